The SMILES string of the molecule is O=C(NCC1CCC2(COCCN(Cc3ccccc3-n3cccn3)C2)O1)c1cccnc1. The molecule has 33 heavy (non-hydrogen) atoms. The van der Waals surface area contributed by atoms with Crippen LogP contribution in [-0.4, -0.2) is 70.1 Å². The summed E-state index contributed by atoms with van der Waals surface area (Å²) in [6.45, 7) is 4.19. The molecule has 0 aliphatic carbocycles. The molecule has 172 valence electrons. The maximum Gasteiger partial charge on any atom is 0.252 e. The third-order valence-electron chi connectivity index (χ3n) is 6.32. The summed E-state index contributed by atoms with van der Waals surface area (Å²) in [6, 6.07) is 13.8. The van der Waals surface area contributed by atoms with Gasteiger partial charge < -0.3 is 14.8 Å². The van der Waals surface area contributed by atoms with Crippen molar-refractivity contribution in [1.29, 1.82) is 0 Å². The lowest BCUT2D eigenvalue weighted by Gasteiger charge is -2.32. The minimum Gasteiger partial charge on any atom is -0.377 e. The van der Waals surface area contributed by atoms with Crippen molar-refractivity contribution >= 4 is 5.91 Å². The van der Waals surface area contributed by atoms with Crippen LogP contribution in [0, 0.1) is 0 Å². The second-order valence-corrected chi connectivity index (χ2v) is 8.76. The van der Waals surface area contributed by atoms with Gasteiger partial charge in [-0.2, -0.15) is 5.10 Å². The molecule has 3 aromatic rings. The van der Waals surface area contributed by atoms with Crippen LogP contribution in [0.1, 0.15) is 28.8 Å². The van der Waals surface area contributed by atoms with Gasteiger partial charge in [0.2, 0.25) is 0 Å². The van der Waals surface area contributed by atoms with Crippen molar-refractivity contribution in [2.75, 3.05) is 32.8 Å². The van der Waals surface area contributed by atoms with Crippen molar-refractivity contribution in [2.24, 2.45) is 0 Å². The first-order valence-electron chi connectivity index (χ1n) is 11.4. The average Bonchev–Trinajstić information content (AvgIpc) is 3.47. The van der Waals surface area contributed by atoms with Crippen LogP contribution in [-0.2, 0) is 16.0 Å². The van der Waals surface area contributed by atoms with E-state index >= 15 is 0 Å². The fraction of sp³-hybridized carbons (Fsp3) is 0.400. The number of para-hydroxylation sites is 1. The van der Waals surface area contributed by atoms with E-state index in [0.29, 0.717) is 25.3 Å². The summed E-state index contributed by atoms with van der Waals surface area (Å²) in [6.07, 6.45) is 8.79. The maximum atomic E-state index is 12.4. The summed E-state index contributed by atoms with van der Waals surface area (Å²) in [7, 11) is 0. The molecule has 2 unspecified atom stereocenters. The predicted molar refractivity (Wildman–Crippen MR) is 123 cm³/mol. The number of nitrogens with zero attached hydrogens (tertiary/aromatic N) is 4. The van der Waals surface area contributed by atoms with Gasteiger partial charge in [-0.1, -0.05) is 18.2 Å². The Hall–Kier alpha value is -3.07. The Morgan fingerprint density at radius 3 is 2.97 bits per heavy atom. The Bertz CT molecular complexity index is 1060. The molecule has 2 fully saturated rings. The van der Waals surface area contributed by atoms with E-state index in [1.54, 1.807) is 30.7 Å². The molecule has 2 saturated heterocycles. The van der Waals surface area contributed by atoms with Gasteiger partial charge in [0.1, 0.15) is 5.60 Å². The number of carbonyl (C=O) groups excluding carboxylic acids is 1. The Morgan fingerprint density at radius 2 is 2.12 bits per heavy atom. The quantitative estimate of drug-likeness (QED) is 0.625. The number of ether oxygens (including phenoxy) is 2. The minimum absolute atomic E-state index is 0.0227. The predicted octanol–water partition coefficient (Wildman–Crippen LogP) is 2.45. The Labute approximate surface area is 193 Å². The zero-order valence-electron chi connectivity index (χ0n) is 18.6. The fourth-order valence-electron chi connectivity index (χ4n) is 4.71. The molecular weight excluding hydrogens is 418 g/mol. The summed E-state index contributed by atoms with van der Waals surface area (Å²) < 4.78 is 14.4. The molecule has 0 radical (unpaired) electrons. The lowest BCUT2D eigenvalue weighted by atomic mass is 9.99. The lowest BCUT2D eigenvalue weighted by molar-refractivity contribution is -0.0849. The third-order valence-corrected chi connectivity index (χ3v) is 6.32. The van der Waals surface area contributed by atoms with Crippen molar-refractivity contribution in [3.63, 3.8) is 0 Å². The second kappa shape index (κ2) is 9.82. The fourth-order valence-corrected chi connectivity index (χ4v) is 4.71. The molecule has 2 aromatic heterocycles. The standard InChI is InChI=1S/C25H29N5O3/c31-24(20-6-3-10-26-15-20)27-16-22-8-9-25(33-22)18-29(13-14-32-19-25)17-21-5-1-2-7-23(21)30-12-4-11-28-30/h1-7,10-12,15,22H,8-9,13-14,16-19H2,(H,27,31). The summed E-state index contributed by atoms with van der Waals surface area (Å²) in [5, 5.41) is 7.39. The number of carbonyl (C=O) groups is 1. The highest BCUT2D eigenvalue weighted by atomic mass is 16.6. The van der Waals surface area contributed by atoms with Crippen LogP contribution < -0.4 is 5.32 Å². The Morgan fingerprint density at radius 1 is 1.18 bits per heavy atom. The maximum absolute atomic E-state index is 12.4. The van der Waals surface area contributed by atoms with Gasteiger partial charge in [-0.05, 0) is 42.7 Å². The van der Waals surface area contributed by atoms with Gasteiger partial charge in [-0.15, -0.1) is 0 Å². The van der Waals surface area contributed by atoms with Crippen LogP contribution in [0.2, 0.25) is 0 Å². The first-order valence-corrected chi connectivity index (χ1v) is 11.4. The summed E-state index contributed by atoms with van der Waals surface area (Å²) in [4.78, 5) is 18.8. The number of rotatable bonds is 6. The molecule has 1 spiro atoms. The van der Waals surface area contributed by atoms with Crippen molar-refractivity contribution in [3.05, 3.63) is 78.4 Å². The van der Waals surface area contributed by atoms with Crippen molar-refractivity contribution in [1.82, 2.24) is 25.0 Å². The van der Waals surface area contributed by atoms with Crippen LogP contribution in [0.5, 0.6) is 0 Å². The van der Waals surface area contributed by atoms with Crippen LogP contribution in [0.15, 0.2) is 67.3 Å². The zero-order valence-corrected chi connectivity index (χ0v) is 18.6. The van der Waals surface area contributed by atoms with E-state index in [-0.39, 0.29) is 17.6 Å². The Balaban J connectivity index is 1.22. The molecule has 1 amide bonds. The van der Waals surface area contributed by atoms with E-state index in [1.807, 2.05) is 23.0 Å². The third kappa shape index (κ3) is 5.13. The largest absolute Gasteiger partial charge is 0.377 e. The van der Waals surface area contributed by atoms with Gasteiger partial charge in [-0.25, -0.2) is 4.68 Å². The van der Waals surface area contributed by atoms with Gasteiger partial charge >= 0.3 is 0 Å². The number of amides is 1. The highest BCUT2D eigenvalue weighted by molar-refractivity contribution is 5.93. The number of nitrogens with one attached hydrogen (secondary N) is 1. The van der Waals surface area contributed by atoms with Gasteiger partial charge in [-0.3, -0.25) is 14.7 Å². The molecule has 4 heterocycles. The monoisotopic (exact) mass is 447 g/mol. The molecule has 2 atom stereocenters. The smallest absolute Gasteiger partial charge is 0.252 e. The van der Waals surface area contributed by atoms with Crippen molar-refractivity contribution < 1.29 is 14.3 Å². The minimum atomic E-state index is -0.346. The van der Waals surface area contributed by atoms with E-state index in [2.05, 4.69) is 38.5 Å². The summed E-state index contributed by atoms with van der Waals surface area (Å²) in [5.74, 6) is -0.123. The first-order chi connectivity index (χ1) is 16.2. The molecule has 2 aliphatic rings. The number of hydrogen-bond donors (Lipinski definition) is 1. The van der Waals surface area contributed by atoms with Gasteiger partial charge in [0.25, 0.3) is 5.91 Å². The van der Waals surface area contributed by atoms with E-state index in [4.69, 9.17) is 9.47 Å². The molecule has 0 saturated carbocycles. The van der Waals surface area contributed by atoms with Gasteiger partial charge in [0.15, 0.2) is 0 Å². The molecule has 0 bridgehead atoms. The molecule has 8 heteroatoms. The van der Waals surface area contributed by atoms with Gasteiger partial charge in [0, 0.05) is 51.0 Å². The van der Waals surface area contributed by atoms with Crippen LogP contribution in [0.3, 0.4) is 0 Å². The molecular formula is C25H29N5O3. The molecule has 2 aliphatic heterocycles. The number of hydrogen-bond acceptors (Lipinski definition) is 6. The van der Waals surface area contributed by atoms with E-state index in [9.17, 15) is 4.79 Å². The molecule has 8 nitrogen and oxygen atoms in total. The highest BCUT2D eigenvalue weighted by Gasteiger charge is 2.43. The molecule has 1 N–H and O–H groups in total. The average molecular weight is 448 g/mol. The highest BCUT2D eigenvalue weighted by Crippen LogP contribution is 2.33. The van der Waals surface area contributed by atoms with Crippen LogP contribution in [0.4, 0.5) is 0 Å². The second-order valence-electron chi connectivity index (χ2n) is 8.76. The normalized spacial score (nSPS) is 23.5. The number of benzene rings is 1. The zero-order chi connectivity index (χ0) is 22.5. The van der Waals surface area contributed by atoms with E-state index in [0.717, 1.165) is 38.2 Å². The van der Waals surface area contributed by atoms with Crippen molar-refractivity contribution in [2.45, 2.75) is 31.1 Å². The van der Waals surface area contributed by atoms with Crippen LogP contribution in [0.25, 0.3) is 5.69 Å². The number of aromatic nitrogens is 3. The van der Waals surface area contributed by atoms with E-state index in [1.165, 1.54) is 5.56 Å². The Kier molecular flexibility index (Phi) is 6.48. The summed E-state index contributed by atoms with van der Waals surface area (Å²) in [5.41, 5.74) is 2.52. The van der Waals surface area contributed by atoms with Crippen molar-refractivity contribution in [3.8, 4) is 5.69 Å². The lowest BCUT2D eigenvalue weighted by Crippen LogP contribution is -2.45. The first kappa shape index (κ1) is 21.8. The number of pyridine rings is 1. The molecule has 5 rings (SSSR count). The van der Waals surface area contributed by atoms with Crippen LogP contribution >= 0.6 is 0 Å². The van der Waals surface area contributed by atoms with Gasteiger partial charge in [0.05, 0.1) is 30.6 Å². The molecule has 1 aromatic carbocycles. The topological polar surface area (TPSA) is 81.5 Å². The summed E-state index contributed by atoms with van der Waals surface area (Å²) >= 11 is 0. The van der Waals surface area contributed by atoms with E-state index < -0.39 is 0 Å².